The highest BCUT2D eigenvalue weighted by Crippen LogP contribution is 2.25. The second-order valence-corrected chi connectivity index (χ2v) is 9.64. The van der Waals surface area contributed by atoms with Crippen LogP contribution in [0.3, 0.4) is 0 Å². The summed E-state index contributed by atoms with van der Waals surface area (Å²) in [5.74, 6) is 0.256. The SMILES string of the molecule is CCc1ccc(OCC(=O)N(Cc2ccc(Cl)c(Cl)c2)C(CC)C(=O)NC2CCCCC2)cc1. The first-order chi connectivity index (χ1) is 16.4. The van der Waals surface area contributed by atoms with Crippen LogP contribution in [0.15, 0.2) is 42.5 Å². The molecule has 184 valence electrons. The molecule has 0 bridgehead atoms. The molecule has 1 aliphatic rings. The maximum atomic E-state index is 13.4. The minimum absolute atomic E-state index is 0.116. The molecule has 0 aliphatic heterocycles. The van der Waals surface area contributed by atoms with Crippen LogP contribution in [0.2, 0.25) is 10.0 Å². The zero-order chi connectivity index (χ0) is 24.5. The summed E-state index contributed by atoms with van der Waals surface area (Å²) in [5.41, 5.74) is 2.00. The lowest BCUT2D eigenvalue weighted by molar-refractivity contribution is -0.143. The molecule has 0 spiro atoms. The van der Waals surface area contributed by atoms with Crippen molar-refractivity contribution in [2.75, 3.05) is 6.61 Å². The van der Waals surface area contributed by atoms with E-state index in [1.807, 2.05) is 37.3 Å². The van der Waals surface area contributed by atoms with Crippen LogP contribution < -0.4 is 10.1 Å². The fourth-order valence-corrected chi connectivity index (χ4v) is 4.67. The van der Waals surface area contributed by atoms with Gasteiger partial charge in [-0.2, -0.15) is 0 Å². The van der Waals surface area contributed by atoms with Gasteiger partial charge >= 0.3 is 0 Å². The van der Waals surface area contributed by atoms with Gasteiger partial charge < -0.3 is 15.0 Å². The third-order valence-electron chi connectivity index (χ3n) is 6.37. The molecule has 34 heavy (non-hydrogen) atoms. The van der Waals surface area contributed by atoms with Crippen LogP contribution in [0.1, 0.15) is 63.5 Å². The molecule has 3 rings (SSSR count). The number of rotatable bonds is 10. The number of nitrogens with zero attached hydrogens (tertiary/aromatic N) is 1. The van der Waals surface area contributed by atoms with Gasteiger partial charge in [0.25, 0.3) is 5.91 Å². The van der Waals surface area contributed by atoms with E-state index in [1.165, 1.54) is 12.0 Å². The van der Waals surface area contributed by atoms with E-state index in [1.54, 1.807) is 17.0 Å². The number of amides is 2. The van der Waals surface area contributed by atoms with E-state index in [4.69, 9.17) is 27.9 Å². The average molecular weight is 505 g/mol. The molecule has 1 N–H and O–H groups in total. The van der Waals surface area contributed by atoms with Crippen molar-refractivity contribution in [3.63, 3.8) is 0 Å². The van der Waals surface area contributed by atoms with Gasteiger partial charge in [-0.05, 0) is 61.1 Å². The summed E-state index contributed by atoms with van der Waals surface area (Å²) in [6, 6.07) is 12.5. The molecular formula is C27H34Cl2N2O3. The average Bonchev–Trinajstić information content (AvgIpc) is 2.85. The highest BCUT2D eigenvalue weighted by molar-refractivity contribution is 6.42. The number of ether oxygens (including phenoxy) is 1. The van der Waals surface area contributed by atoms with Crippen LogP contribution in [-0.2, 0) is 22.6 Å². The summed E-state index contributed by atoms with van der Waals surface area (Å²) < 4.78 is 5.78. The zero-order valence-corrected chi connectivity index (χ0v) is 21.5. The Balaban J connectivity index is 1.76. The first-order valence-corrected chi connectivity index (χ1v) is 12.9. The summed E-state index contributed by atoms with van der Waals surface area (Å²) in [6.45, 7) is 4.10. The monoisotopic (exact) mass is 504 g/mol. The van der Waals surface area contributed by atoms with Crippen molar-refractivity contribution < 1.29 is 14.3 Å². The van der Waals surface area contributed by atoms with E-state index in [0.29, 0.717) is 22.2 Å². The summed E-state index contributed by atoms with van der Waals surface area (Å²) in [7, 11) is 0. The fourth-order valence-electron chi connectivity index (χ4n) is 4.35. The smallest absolute Gasteiger partial charge is 0.261 e. The van der Waals surface area contributed by atoms with Gasteiger partial charge in [-0.1, -0.05) is 74.5 Å². The molecule has 1 unspecified atom stereocenters. The van der Waals surface area contributed by atoms with Crippen LogP contribution in [0.25, 0.3) is 0 Å². The van der Waals surface area contributed by atoms with E-state index in [0.717, 1.165) is 37.7 Å². The summed E-state index contributed by atoms with van der Waals surface area (Å²) in [6.07, 6.45) is 6.86. The summed E-state index contributed by atoms with van der Waals surface area (Å²) >= 11 is 12.3. The Hall–Kier alpha value is -2.24. The molecule has 1 fully saturated rings. The number of halogens is 2. The van der Waals surface area contributed by atoms with Gasteiger partial charge in [0.2, 0.25) is 5.91 Å². The largest absolute Gasteiger partial charge is 0.484 e. The number of nitrogens with one attached hydrogen (secondary N) is 1. The van der Waals surface area contributed by atoms with Crippen LogP contribution in [-0.4, -0.2) is 35.4 Å². The van der Waals surface area contributed by atoms with Gasteiger partial charge in [0, 0.05) is 12.6 Å². The maximum absolute atomic E-state index is 13.4. The number of hydrogen-bond donors (Lipinski definition) is 1. The van der Waals surface area contributed by atoms with Gasteiger partial charge in [0.05, 0.1) is 10.0 Å². The van der Waals surface area contributed by atoms with Crippen molar-refractivity contribution >= 4 is 35.0 Å². The van der Waals surface area contributed by atoms with Crippen LogP contribution in [0.5, 0.6) is 5.75 Å². The van der Waals surface area contributed by atoms with E-state index >= 15 is 0 Å². The maximum Gasteiger partial charge on any atom is 0.261 e. The molecule has 0 heterocycles. The molecule has 5 nitrogen and oxygen atoms in total. The molecule has 2 aromatic carbocycles. The first-order valence-electron chi connectivity index (χ1n) is 12.2. The Kier molecular flexibility index (Phi) is 10.1. The van der Waals surface area contributed by atoms with Crippen LogP contribution >= 0.6 is 23.2 Å². The standard InChI is InChI=1S/C27H34Cl2N2O3/c1-3-19-10-13-22(14-11-19)34-18-26(32)31(17-20-12-15-23(28)24(29)16-20)25(4-2)27(33)30-21-8-6-5-7-9-21/h10-16,21,25H,3-9,17-18H2,1-2H3,(H,30,33). The molecular weight excluding hydrogens is 471 g/mol. The molecule has 7 heteroatoms. The number of carbonyl (C=O) groups excluding carboxylic acids is 2. The van der Waals surface area contributed by atoms with Crippen molar-refractivity contribution in [1.29, 1.82) is 0 Å². The highest BCUT2D eigenvalue weighted by Gasteiger charge is 2.30. The normalized spacial score (nSPS) is 14.9. The van der Waals surface area contributed by atoms with Gasteiger partial charge in [-0.15, -0.1) is 0 Å². The van der Waals surface area contributed by atoms with Crippen molar-refractivity contribution in [1.82, 2.24) is 10.2 Å². The van der Waals surface area contributed by atoms with Crippen LogP contribution in [0, 0.1) is 0 Å². The molecule has 1 aliphatic carbocycles. The number of aryl methyl sites for hydroxylation is 1. The first kappa shape index (κ1) is 26.4. The van der Waals surface area contributed by atoms with E-state index in [9.17, 15) is 9.59 Å². The van der Waals surface area contributed by atoms with Gasteiger partial charge in [0.1, 0.15) is 11.8 Å². The van der Waals surface area contributed by atoms with E-state index < -0.39 is 6.04 Å². The Labute approximate surface area is 212 Å². The summed E-state index contributed by atoms with van der Waals surface area (Å²) in [5, 5.41) is 4.04. The lowest BCUT2D eigenvalue weighted by atomic mass is 9.95. The van der Waals surface area contributed by atoms with E-state index in [-0.39, 0.29) is 31.0 Å². The topological polar surface area (TPSA) is 58.6 Å². The Morgan fingerprint density at radius 2 is 1.68 bits per heavy atom. The van der Waals surface area contributed by atoms with Crippen LogP contribution in [0.4, 0.5) is 0 Å². The quantitative estimate of drug-likeness (QED) is 0.419. The molecule has 0 saturated heterocycles. The molecule has 0 aromatic heterocycles. The minimum atomic E-state index is -0.602. The zero-order valence-electron chi connectivity index (χ0n) is 20.0. The number of carbonyl (C=O) groups is 2. The molecule has 1 saturated carbocycles. The third-order valence-corrected chi connectivity index (χ3v) is 7.11. The third kappa shape index (κ3) is 7.38. The Morgan fingerprint density at radius 3 is 2.29 bits per heavy atom. The fraction of sp³-hybridized carbons (Fsp3) is 0.481. The molecule has 0 radical (unpaired) electrons. The Morgan fingerprint density at radius 1 is 1.00 bits per heavy atom. The summed E-state index contributed by atoms with van der Waals surface area (Å²) in [4.78, 5) is 28.2. The Bertz CT molecular complexity index is 959. The minimum Gasteiger partial charge on any atom is -0.484 e. The molecule has 2 aromatic rings. The van der Waals surface area contributed by atoms with Gasteiger partial charge in [-0.3, -0.25) is 9.59 Å². The van der Waals surface area contributed by atoms with E-state index in [2.05, 4.69) is 12.2 Å². The number of benzene rings is 2. The predicted octanol–water partition coefficient (Wildman–Crippen LogP) is 6.19. The van der Waals surface area contributed by atoms with Gasteiger partial charge in [-0.25, -0.2) is 0 Å². The second-order valence-electron chi connectivity index (χ2n) is 8.82. The van der Waals surface area contributed by atoms with Gasteiger partial charge in [0.15, 0.2) is 6.61 Å². The van der Waals surface area contributed by atoms with Crippen molar-refractivity contribution in [3.8, 4) is 5.75 Å². The second kappa shape index (κ2) is 13.0. The van der Waals surface area contributed by atoms with Crippen molar-refractivity contribution in [2.45, 2.75) is 77.4 Å². The molecule has 2 amide bonds. The lowest BCUT2D eigenvalue weighted by Gasteiger charge is -2.32. The number of hydrogen-bond acceptors (Lipinski definition) is 3. The lowest BCUT2D eigenvalue weighted by Crippen LogP contribution is -2.52. The predicted molar refractivity (Wildman–Crippen MR) is 137 cm³/mol. The van der Waals surface area contributed by atoms with Crippen molar-refractivity contribution in [2.24, 2.45) is 0 Å². The molecule has 1 atom stereocenters. The van der Waals surface area contributed by atoms with Crippen molar-refractivity contribution in [3.05, 3.63) is 63.6 Å². The highest BCUT2D eigenvalue weighted by atomic mass is 35.5.